The number of ether oxygens (including phenoxy) is 2. The molecule has 6 atom stereocenters. The minimum atomic E-state index is -1.14. The van der Waals surface area contributed by atoms with E-state index in [9.17, 15) is 24.3 Å². The van der Waals surface area contributed by atoms with Crippen LogP contribution in [0.1, 0.15) is 87.0 Å². The average molecular weight is 688 g/mol. The first-order valence-electron chi connectivity index (χ1n) is 16.8. The molecule has 12 nitrogen and oxygen atoms in total. The Labute approximate surface area is 288 Å². The van der Waals surface area contributed by atoms with E-state index in [1.165, 1.54) is 18.4 Å². The molecule has 3 N–H and O–H groups in total. The van der Waals surface area contributed by atoms with E-state index in [1.807, 2.05) is 65.1 Å². The number of thiazole rings is 1. The molecule has 266 valence electrons. The summed E-state index contributed by atoms with van der Waals surface area (Å²) in [5, 5.41) is 17.5. The van der Waals surface area contributed by atoms with E-state index in [0.717, 1.165) is 31.4 Å². The summed E-state index contributed by atoms with van der Waals surface area (Å²) in [6.07, 6.45) is 3.40. The number of piperidine rings is 1. The van der Waals surface area contributed by atoms with Crippen LogP contribution in [0.15, 0.2) is 35.7 Å². The standard InChI is InChI=1S/C35H53N5O7S/c1-8-23(4)30(38-32(42)27-16-12-13-17-39(27)5)34(43)40(21-46-6)28(22(2)3)19-29(47-7)33-37-26(20-48-33)31(41)36-25(35(44)45)18-24-14-10-9-11-15-24/h9-11,14-15,20,22-23,25,27-30H,8,12-13,16-19,21H2,1-7H3,(H,36,41)(H,38,42)(H,44,45)/t23-,25-,27+,28+,29+,30-/m0/s1. The molecule has 0 radical (unpaired) electrons. The molecular weight excluding hydrogens is 634 g/mol. The highest BCUT2D eigenvalue weighted by atomic mass is 32.1. The number of benzene rings is 1. The number of carboxylic acid groups (broad SMARTS) is 1. The van der Waals surface area contributed by atoms with E-state index in [1.54, 1.807) is 17.4 Å². The highest BCUT2D eigenvalue weighted by Gasteiger charge is 2.38. The molecule has 0 saturated carbocycles. The van der Waals surface area contributed by atoms with Gasteiger partial charge in [-0.05, 0) is 43.8 Å². The molecule has 48 heavy (non-hydrogen) atoms. The van der Waals surface area contributed by atoms with Gasteiger partial charge in [-0.3, -0.25) is 19.3 Å². The lowest BCUT2D eigenvalue weighted by atomic mass is 9.92. The molecule has 1 saturated heterocycles. The minimum Gasteiger partial charge on any atom is -0.480 e. The molecular formula is C35H53N5O7S. The molecule has 3 amide bonds. The van der Waals surface area contributed by atoms with Crippen molar-refractivity contribution in [2.24, 2.45) is 11.8 Å². The molecule has 1 aliphatic rings. The molecule has 13 heteroatoms. The molecule has 1 fully saturated rings. The first-order valence-corrected chi connectivity index (χ1v) is 17.6. The summed E-state index contributed by atoms with van der Waals surface area (Å²) in [5.41, 5.74) is 0.879. The Morgan fingerprint density at radius 3 is 2.40 bits per heavy atom. The van der Waals surface area contributed by atoms with Gasteiger partial charge in [-0.2, -0.15) is 0 Å². The molecule has 0 bridgehead atoms. The number of likely N-dealkylation sites (tertiary alicyclic amines) is 1. The largest absolute Gasteiger partial charge is 0.480 e. The van der Waals surface area contributed by atoms with Crippen molar-refractivity contribution in [2.75, 3.05) is 34.5 Å². The number of nitrogens with zero attached hydrogens (tertiary/aromatic N) is 3. The molecule has 3 rings (SSSR count). The lowest BCUT2D eigenvalue weighted by molar-refractivity contribution is -0.148. The normalized spacial score (nSPS) is 18.4. The Morgan fingerprint density at radius 2 is 1.81 bits per heavy atom. The second-order valence-corrected chi connectivity index (χ2v) is 13.9. The number of hydrogen-bond donors (Lipinski definition) is 3. The average Bonchev–Trinajstić information content (AvgIpc) is 3.57. The van der Waals surface area contributed by atoms with Crippen LogP contribution in [0.25, 0.3) is 0 Å². The zero-order valence-electron chi connectivity index (χ0n) is 29.3. The van der Waals surface area contributed by atoms with Crippen molar-refractivity contribution in [3.63, 3.8) is 0 Å². The van der Waals surface area contributed by atoms with Crippen molar-refractivity contribution in [3.8, 4) is 0 Å². The van der Waals surface area contributed by atoms with Gasteiger partial charge in [0.15, 0.2) is 0 Å². The van der Waals surface area contributed by atoms with Gasteiger partial charge >= 0.3 is 5.97 Å². The number of likely N-dealkylation sites (N-methyl/N-ethyl adjacent to an activating group) is 1. The van der Waals surface area contributed by atoms with Crippen LogP contribution in [0.4, 0.5) is 0 Å². The third-order valence-corrected chi connectivity index (χ3v) is 10.2. The maximum atomic E-state index is 14.3. The molecule has 1 aliphatic heterocycles. The van der Waals surface area contributed by atoms with Gasteiger partial charge in [-0.25, -0.2) is 9.78 Å². The number of carbonyl (C=O) groups excluding carboxylic acids is 3. The molecule has 0 aliphatic carbocycles. The fourth-order valence-electron chi connectivity index (χ4n) is 6.08. The third kappa shape index (κ3) is 10.6. The first kappa shape index (κ1) is 39.1. The fraction of sp³-hybridized carbons (Fsp3) is 0.629. The van der Waals surface area contributed by atoms with Gasteiger partial charge in [0, 0.05) is 38.5 Å². The second-order valence-electron chi connectivity index (χ2n) is 13.0. The third-order valence-electron chi connectivity index (χ3n) is 9.23. The van der Waals surface area contributed by atoms with Gasteiger partial charge in [0.05, 0.1) is 6.04 Å². The number of amides is 3. The van der Waals surface area contributed by atoms with Crippen LogP contribution in [0.2, 0.25) is 0 Å². The van der Waals surface area contributed by atoms with Crippen LogP contribution in [0, 0.1) is 11.8 Å². The number of rotatable bonds is 18. The Kier molecular flexibility index (Phi) is 15.4. The predicted molar refractivity (Wildman–Crippen MR) is 185 cm³/mol. The fourth-order valence-corrected chi connectivity index (χ4v) is 6.97. The van der Waals surface area contributed by atoms with Crippen molar-refractivity contribution in [1.29, 1.82) is 0 Å². The van der Waals surface area contributed by atoms with Gasteiger partial charge in [0.1, 0.15) is 35.6 Å². The molecule has 2 heterocycles. The number of nitrogens with one attached hydrogen (secondary N) is 2. The summed E-state index contributed by atoms with van der Waals surface area (Å²) in [6.45, 7) is 8.87. The van der Waals surface area contributed by atoms with Crippen molar-refractivity contribution in [1.82, 2.24) is 25.4 Å². The van der Waals surface area contributed by atoms with E-state index in [0.29, 0.717) is 17.8 Å². The lowest BCUT2D eigenvalue weighted by Crippen LogP contribution is -2.59. The zero-order chi connectivity index (χ0) is 35.4. The number of carbonyl (C=O) groups is 4. The van der Waals surface area contributed by atoms with Crippen molar-refractivity contribution in [2.45, 2.75) is 96.5 Å². The van der Waals surface area contributed by atoms with Gasteiger partial charge in [0.2, 0.25) is 11.8 Å². The van der Waals surface area contributed by atoms with Gasteiger partial charge in [0.25, 0.3) is 5.91 Å². The number of carboxylic acids is 1. The van der Waals surface area contributed by atoms with Crippen LogP contribution in [-0.4, -0.2) is 102 Å². The molecule has 0 unspecified atom stereocenters. The molecule has 0 spiro atoms. The maximum Gasteiger partial charge on any atom is 0.326 e. The summed E-state index contributed by atoms with van der Waals surface area (Å²) in [4.78, 5) is 61.1. The summed E-state index contributed by atoms with van der Waals surface area (Å²) in [5.74, 6) is -2.22. The molecule has 1 aromatic carbocycles. The highest BCUT2D eigenvalue weighted by molar-refractivity contribution is 7.09. The SMILES string of the molecule is CC[C@H](C)[C@H](NC(=O)[C@H]1CCCCN1C)C(=O)N(COC)[C@H](C[C@@H](OC)c1nc(C(=O)N[C@@H](Cc2ccccc2)C(=O)O)cs1)C(C)C. The Bertz CT molecular complexity index is 1340. The van der Waals surface area contributed by atoms with Crippen LogP contribution in [0.5, 0.6) is 0 Å². The van der Waals surface area contributed by atoms with Crippen LogP contribution >= 0.6 is 11.3 Å². The van der Waals surface area contributed by atoms with Gasteiger partial charge < -0.3 is 30.1 Å². The van der Waals surface area contributed by atoms with Gasteiger partial charge in [-0.1, -0.05) is 70.9 Å². The van der Waals surface area contributed by atoms with E-state index in [4.69, 9.17) is 9.47 Å². The predicted octanol–water partition coefficient (Wildman–Crippen LogP) is 4.12. The number of aliphatic carboxylic acids is 1. The van der Waals surface area contributed by atoms with E-state index in [-0.39, 0.29) is 54.6 Å². The van der Waals surface area contributed by atoms with Crippen LogP contribution in [0.3, 0.4) is 0 Å². The van der Waals surface area contributed by atoms with Crippen LogP contribution < -0.4 is 10.6 Å². The smallest absolute Gasteiger partial charge is 0.326 e. The summed E-state index contributed by atoms with van der Waals surface area (Å²) in [7, 11) is 5.03. The maximum absolute atomic E-state index is 14.3. The summed E-state index contributed by atoms with van der Waals surface area (Å²) < 4.78 is 11.4. The van der Waals surface area contributed by atoms with Crippen molar-refractivity contribution in [3.05, 3.63) is 52.0 Å². The van der Waals surface area contributed by atoms with Gasteiger partial charge in [-0.15, -0.1) is 11.3 Å². The van der Waals surface area contributed by atoms with E-state index >= 15 is 0 Å². The highest BCUT2D eigenvalue weighted by Crippen LogP contribution is 2.31. The Morgan fingerprint density at radius 1 is 1.10 bits per heavy atom. The Balaban J connectivity index is 1.79. The quantitative estimate of drug-likeness (QED) is 0.197. The number of aromatic nitrogens is 1. The molecule has 2 aromatic rings. The number of methoxy groups -OCH3 is 2. The zero-order valence-corrected chi connectivity index (χ0v) is 30.1. The first-order chi connectivity index (χ1) is 22.9. The summed E-state index contributed by atoms with van der Waals surface area (Å²) in [6, 6.07) is 6.61. The van der Waals surface area contributed by atoms with Crippen LogP contribution in [-0.2, 0) is 30.3 Å². The van der Waals surface area contributed by atoms with E-state index in [2.05, 4.69) is 20.5 Å². The lowest BCUT2D eigenvalue weighted by Gasteiger charge is -2.39. The minimum absolute atomic E-state index is 0.0171. The van der Waals surface area contributed by atoms with E-state index < -0.39 is 30.1 Å². The van der Waals surface area contributed by atoms with Crippen molar-refractivity contribution < 1.29 is 33.8 Å². The molecule has 1 aromatic heterocycles. The Hall–Kier alpha value is -3.39. The topological polar surface area (TPSA) is 150 Å². The number of hydrogen-bond acceptors (Lipinski definition) is 9. The monoisotopic (exact) mass is 687 g/mol. The second kappa shape index (κ2) is 19.0. The van der Waals surface area contributed by atoms with Crippen molar-refractivity contribution >= 4 is 35.0 Å². The summed E-state index contributed by atoms with van der Waals surface area (Å²) >= 11 is 1.24.